The number of benzene rings is 1. The minimum absolute atomic E-state index is 0.127. The van der Waals surface area contributed by atoms with Gasteiger partial charge < -0.3 is 10.6 Å². The largest absolute Gasteiger partial charge is 0.416 e. The molecule has 3 N–H and O–H groups in total. The molecule has 3 aromatic rings. The highest BCUT2D eigenvalue weighted by atomic mass is 19.4. The minimum Gasteiger partial charge on any atom is -0.359 e. The topological polar surface area (TPSA) is 109 Å². The lowest BCUT2D eigenvalue weighted by Crippen LogP contribution is -2.28. The summed E-state index contributed by atoms with van der Waals surface area (Å²) >= 11 is 0. The fourth-order valence-electron chi connectivity index (χ4n) is 3.54. The summed E-state index contributed by atoms with van der Waals surface area (Å²) < 4.78 is 49.2. The van der Waals surface area contributed by atoms with Gasteiger partial charge in [0.05, 0.1) is 17.0 Å². The van der Waals surface area contributed by atoms with Crippen molar-refractivity contribution in [1.82, 2.24) is 19.9 Å². The van der Waals surface area contributed by atoms with Crippen LogP contribution >= 0.6 is 0 Å². The number of halogens is 4. The minimum atomic E-state index is -4.56. The normalized spacial score (nSPS) is 12.9. The number of nitrogens with zero attached hydrogens (tertiary/aromatic N) is 4. The van der Waals surface area contributed by atoms with E-state index in [1.54, 1.807) is 18.6 Å². The summed E-state index contributed by atoms with van der Waals surface area (Å²) in [5, 5.41) is 8.25. The third-order valence-electron chi connectivity index (χ3n) is 5.74. The molecule has 0 bridgehead atoms. The lowest BCUT2D eigenvalue weighted by Gasteiger charge is -2.19. The summed E-state index contributed by atoms with van der Waals surface area (Å²) in [6.45, 7) is 1.39. The van der Waals surface area contributed by atoms with Crippen LogP contribution in [0.5, 0.6) is 0 Å². The highest BCUT2D eigenvalue weighted by Crippen LogP contribution is 2.31. The smallest absolute Gasteiger partial charge is 0.359 e. The molecule has 0 aliphatic heterocycles. The van der Waals surface area contributed by atoms with Gasteiger partial charge in [0, 0.05) is 49.9 Å². The molecule has 11 heteroatoms. The van der Waals surface area contributed by atoms with Crippen molar-refractivity contribution < 1.29 is 22.4 Å². The molecule has 4 rings (SSSR count). The number of carbonyl (C=O) groups excluding carboxylic acids is 1. The van der Waals surface area contributed by atoms with E-state index < -0.39 is 24.2 Å². The summed E-state index contributed by atoms with van der Waals surface area (Å²) in [5.41, 5.74) is 7.39. The quantitative estimate of drug-likeness (QED) is 0.197. The highest BCUT2D eigenvalue weighted by Gasteiger charge is 2.31. The van der Waals surface area contributed by atoms with E-state index in [0.717, 1.165) is 48.5 Å². The zero-order chi connectivity index (χ0) is 27.2. The van der Waals surface area contributed by atoms with Crippen molar-refractivity contribution >= 4 is 11.6 Å². The van der Waals surface area contributed by atoms with E-state index in [-0.39, 0.29) is 11.1 Å². The Kier molecular flexibility index (Phi) is 9.04. The van der Waals surface area contributed by atoms with Crippen LogP contribution in [0.15, 0.2) is 48.9 Å². The van der Waals surface area contributed by atoms with E-state index in [4.69, 9.17) is 11.1 Å². The van der Waals surface area contributed by atoms with Crippen LogP contribution in [0, 0.1) is 11.3 Å². The maximum Gasteiger partial charge on any atom is 0.416 e. The summed E-state index contributed by atoms with van der Waals surface area (Å²) in [5.74, 6) is 0.740. The summed E-state index contributed by atoms with van der Waals surface area (Å²) in [6, 6.07) is 6.33. The fraction of sp³-hybridized carbons (Fsp3) is 0.346. The first-order valence-corrected chi connectivity index (χ1v) is 11.6. The molecule has 7 nitrogen and oxygen atoms in total. The number of aromatic nitrogens is 3. The second-order valence-electron chi connectivity index (χ2n) is 8.77. The maximum absolute atomic E-state index is 12.3. The fourth-order valence-corrected chi connectivity index (χ4v) is 3.54. The van der Waals surface area contributed by atoms with Crippen LogP contribution in [-0.4, -0.2) is 45.1 Å². The van der Waals surface area contributed by atoms with Crippen LogP contribution in [0.1, 0.15) is 52.5 Å². The van der Waals surface area contributed by atoms with E-state index >= 15 is 0 Å². The van der Waals surface area contributed by atoms with E-state index in [9.17, 15) is 22.4 Å². The SMILES string of the molecule is CC(=O)c1cc(CF)cc(C(F)(F)F)c1.CN(CC1CC1)C(=N)c1ccc(-c2nccnc2CN)nc1. The monoisotopic (exact) mass is 516 g/mol. The number of amidine groups is 1. The number of hydrogen-bond donors (Lipinski definition) is 2. The average molecular weight is 517 g/mol. The first-order valence-electron chi connectivity index (χ1n) is 11.6. The van der Waals surface area contributed by atoms with E-state index in [1.807, 2.05) is 24.1 Å². The third kappa shape index (κ3) is 7.63. The molecule has 1 aliphatic rings. The zero-order valence-electron chi connectivity index (χ0n) is 20.5. The van der Waals surface area contributed by atoms with Gasteiger partial charge in [-0.2, -0.15) is 13.2 Å². The molecular formula is C26H28F4N6O. The molecule has 0 spiro atoms. The first kappa shape index (κ1) is 27.9. The molecule has 1 aromatic carbocycles. The maximum atomic E-state index is 12.3. The molecule has 0 saturated heterocycles. The molecule has 1 aliphatic carbocycles. The van der Waals surface area contributed by atoms with Crippen molar-refractivity contribution in [2.45, 2.75) is 39.2 Å². The van der Waals surface area contributed by atoms with Crippen molar-refractivity contribution in [3.63, 3.8) is 0 Å². The number of nitrogens with one attached hydrogen (secondary N) is 1. The average Bonchev–Trinajstić information content (AvgIpc) is 3.71. The molecule has 0 radical (unpaired) electrons. The second kappa shape index (κ2) is 12.0. The number of alkyl halides is 4. The van der Waals surface area contributed by atoms with Gasteiger partial charge in [0.25, 0.3) is 0 Å². The Balaban J connectivity index is 0.000000222. The van der Waals surface area contributed by atoms with Gasteiger partial charge in [0.15, 0.2) is 5.78 Å². The van der Waals surface area contributed by atoms with Crippen LogP contribution in [0.25, 0.3) is 11.4 Å². The number of pyridine rings is 1. The Hall–Kier alpha value is -3.73. The molecule has 1 saturated carbocycles. The number of Topliss-reactive ketones (excluding diaryl/α,β-unsaturated/α-hetero) is 1. The van der Waals surface area contributed by atoms with Gasteiger partial charge >= 0.3 is 6.18 Å². The Labute approximate surface area is 212 Å². The lowest BCUT2D eigenvalue weighted by atomic mass is 10.0. The van der Waals surface area contributed by atoms with Gasteiger partial charge in [0.2, 0.25) is 0 Å². The first-order chi connectivity index (χ1) is 17.5. The van der Waals surface area contributed by atoms with Crippen molar-refractivity contribution in [1.29, 1.82) is 5.41 Å². The zero-order valence-corrected chi connectivity index (χ0v) is 20.5. The van der Waals surface area contributed by atoms with Crippen LogP contribution < -0.4 is 5.73 Å². The number of ketones is 1. The summed E-state index contributed by atoms with van der Waals surface area (Å²) in [4.78, 5) is 25.9. The van der Waals surface area contributed by atoms with Gasteiger partial charge in [-0.25, -0.2) is 4.39 Å². The van der Waals surface area contributed by atoms with Crippen LogP contribution in [0.4, 0.5) is 17.6 Å². The lowest BCUT2D eigenvalue weighted by molar-refractivity contribution is -0.137. The Morgan fingerprint density at radius 3 is 2.35 bits per heavy atom. The third-order valence-corrected chi connectivity index (χ3v) is 5.74. The van der Waals surface area contributed by atoms with Crippen LogP contribution in [0.3, 0.4) is 0 Å². The number of nitrogens with two attached hydrogens (primary N) is 1. The van der Waals surface area contributed by atoms with E-state index in [0.29, 0.717) is 24.1 Å². The molecule has 1 fully saturated rings. The predicted molar refractivity (Wildman–Crippen MR) is 132 cm³/mol. The molecule has 2 heterocycles. The van der Waals surface area contributed by atoms with Crippen molar-refractivity contribution in [3.8, 4) is 11.4 Å². The predicted octanol–water partition coefficient (Wildman–Crippen LogP) is 5.04. The Bertz CT molecular complexity index is 1240. The van der Waals surface area contributed by atoms with Gasteiger partial charge in [-0.1, -0.05) is 0 Å². The summed E-state index contributed by atoms with van der Waals surface area (Å²) in [6.07, 6.45) is 2.98. The molecule has 2 aromatic heterocycles. The number of hydrogen-bond acceptors (Lipinski definition) is 6. The van der Waals surface area contributed by atoms with E-state index in [2.05, 4.69) is 15.0 Å². The molecule has 196 valence electrons. The Morgan fingerprint density at radius 2 is 1.81 bits per heavy atom. The van der Waals surface area contributed by atoms with Crippen molar-refractivity contribution in [3.05, 3.63) is 76.9 Å². The van der Waals surface area contributed by atoms with Gasteiger partial charge in [-0.15, -0.1) is 0 Å². The molecule has 0 amide bonds. The molecule has 37 heavy (non-hydrogen) atoms. The van der Waals surface area contributed by atoms with Gasteiger partial charge in [0.1, 0.15) is 18.2 Å². The Morgan fingerprint density at radius 1 is 1.11 bits per heavy atom. The number of carbonyl (C=O) groups is 1. The van der Waals surface area contributed by atoms with Crippen LogP contribution in [-0.2, 0) is 19.4 Å². The van der Waals surface area contributed by atoms with Crippen molar-refractivity contribution in [2.75, 3.05) is 13.6 Å². The van der Waals surface area contributed by atoms with E-state index in [1.165, 1.54) is 12.8 Å². The molecular weight excluding hydrogens is 488 g/mol. The highest BCUT2D eigenvalue weighted by molar-refractivity contribution is 5.96. The molecule has 0 unspecified atom stereocenters. The summed E-state index contributed by atoms with van der Waals surface area (Å²) in [7, 11) is 1.96. The van der Waals surface area contributed by atoms with Crippen molar-refractivity contribution in [2.24, 2.45) is 11.7 Å². The molecule has 0 atom stereocenters. The van der Waals surface area contributed by atoms with Gasteiger partial charge in [-0.05, 0) is 61.6 Å². The second-order valence-corrected chi connectivity index (χ2v) is 8.77. The van der Waals surface area contributed by atoms with Crippen LogP contribution in [0.2, 0.25) is 0 Å². The number of rotatable bonds is 7. The standard InChI is InChI=1S/C16H20N6.C10H8F4O/c1-22(10-11-2-3-11)16(18)12-4-5-13(21-9-12)15-14(8-17)19-6-7-20-15;1-6(15)8-2-7(5-11)3-9(4-8)10(12,13)14/h4-7,9,11,18H,2-3,8,10,17H2,1H3;2-4H,5H2,1H3. The van der Waals surface area contributed by atoms with Gasteiger partial charge in [-0.3, -0.25) is 25.2 Å².